The number of anilines is 1. The summed E-state index contributed by atoms with van der Waals surface area (Å²) in [7, 11) is 0. The van der Waals surface area contributed by atoms with Crippen LogP contribution in [0.2, 0.25) is 0 Å². The molecule has 0 saturated heterocycles. The minimum atomic E-state index is -1.15. The van der Waals surface area contributed by atoms with Crippen LogP contribution in [0, 0.1) is 6.92 Å². The van der Waals surface area contributed by atoms with E-state index < -0.39 is 11.9 Å². The summed E-state index contributed by atoms with van der Waals surface area (Å²) >= 11 is 0. The molecule has 18 heavy (non-hydrogen) atoms. The number of carboxylic acids is 1. The highest BCUT2D eigenvalue weighted by Gasteiger charge is 2.19. The summed E-state index contributed by atoms with van der Waals surface area (Å²) in [4.78, 5) is 25.3. The molecular weight excluding hydrogens is 240 g/mol. The zero-order valence-corrected chi connectivity index (χ0v) is 9.65. The smallest absolute Gasteiger partial charge is 0.354 e. The van der Waals surface area contributed by atoms with Gasteiger partial charge in [-0.2, -0.15) is 0 Å². The van der Waals surface area contributed by atoms with Crippen molar-refractivity contribution in [2.45, 2.75) is 6.92 Å². The highest BCUT2D eigenvalue weighted by molar-refractivity contribution is 6.05. The van der Waals surface area contributed by atoms with Gasteiger partial charge in [0, 0.05) is 5.69 Å². The minimum absolute atomic E-state index is 0.0245. The predicted molar refractivity (Wildman–Crippen MR) is 61.1 cm³/mol. The van der Waals surface area contributed by atoms with Crippen molar-refractivity contribution in [2.75, 3.05) is 18.5 Å². The third-order valence-corrected chi connectivity index (χ3v) is 2.29. The summed E-state index contributed by atoms with van der Waals surface area (Å²) in [5.41, 5.74) is 0.760. The summed E-state index contributed by atoms with van der Waals surface area (Å²) in [5.74, 6) is -1.67. The lowest BCUT2D eigenvalue weighted by atomic mass is 10.3. The number of nitrogens with one attached hydrogen (secondary N) is 2. The summed E-state index contributed by atoms with van der Waals surface area (Å²) in [6.45, 7) is 2.37. The molecule has 0 atom stereocenters. The summed E-state index contributed by atoms with van der Waals surface area (Å²) in [6.07, 6.45) is 1.21. The van der Waals surface area contributed by atoms with Crippen LogP contribution in [0.4, 0.5) is 5.69 Å². The van der Waals surface area contributed by atoms with Gasteiger partial charge in [-0.15, -0.1) is 0 Å². The van der Waals surface area contributed by atoms with E-state index in [0.29, 0.717) is 12.3 Å². The Hall–Kier alpha value is -2.44. The predicted octanol–water partition coefficient (Wildman–Crippen LogP) is 0.848. The molecule has 7 heteroatoms. The maximum absolute atomic E-state index is 11.8. The van der Waals surface area contributed by atoms with E-state index in [1.54, 1.807) is 6.92 Å². The summed E-state index contributed by atoms with van der Waals surface area (Å²) in [5, 5.41) is 11.4. The monoisotopic (exact) mass is 252 g/mol. The van der Waals surface area contributed by atoms with Crippen LogP contribution in [0.25, 0.3) is 0 Å². The van der Waals surface area contributed by atoms with Crippen molar-refractivity contribution in [3.8, 4) is 0 Å². The molecule has 1 aromatic rings. The largest absolute Gasteiger partial charge is 0.494 e. The van der Waals surface area contributed by atoms with Gasteiger partial charge < -0.3 is 24.9 Å². The number of carboxylic acid groups (broad SMARTS) is 1. The Morgan fingerprint density at radius 3 is 2.83 bits per heavy atom. The van der Waals surface area contributed by atoms with Crippen LogP contribution in [0.3, 0.4) is 0 Å². The Bertz CT molecular complexity index is 518. The molecule has 1 aliphatic heterocycles. The number of hydrogen-bond acceptors (Lipinski definition) is 4. The third kappa shape index (κ3) is 2.45. The van der Waals surface area contributed by atoms with Crippen LogP contribution in [0.5, 0.6) is 0 Å². The molecule has 0 radical (unpaired) electrons. The number of carbonyl (C=O) groups excluding carboxylic acids is 1. The van der Waals surface area contributed by atoms with Crippen LogP contribution in [0.15, 0.2) is 18.1 Å². The van der Waals surface area contributed by atoms with E-state index in [2.05, 4.69) is 10.3 Å². The van der Waals surface area contributed by atoms with Crippen molar-refractivity contribution >= 4 is 17.6 Å². The van der Waals surface area contributed by atoms with E-state index in [-0.39, 0.29) is 23.7 Å². The van der Waals surface area contributed by atoms with Crippen molar-refractivity contribution in [1.82, 2.24) is 4.98 Å². The topological polar surface area (TPSA) is 101 Å². The Labute approximate surface area is 102 Å². The van der Waals surface area contributed by atoms with Crippen molar-refractivity contribution in [3.63, 3.8) is 0 Å². The fourth-order valence-electron chi connectivity index (χ4n) is 1.53. The molecule has 0 bridgehead atoms. The first-order valence-corrected chi connectivity index (χ1v) is 5.27. The molecular formula is C11H12N2O5. The van der Waals surface area contributed by atoms with Crippen LogP contribution in [-0.4, -0.2) is 35.2 Å². The minimum Gasteiger partial charge on any atom is -0.494 e. The molecule has 0 fully saturated rings. The van der Waals surface area contributed by atoms with Gasteiger partial charge in [0.05, 0.1) is 5.69 Å². The van der Waals surface area contributed by atoms with Gasteiger partial charge in [-0.05, 0) is 13.0 Å². The summed E-state index contributed by atoms with van der Waals surface area (Å²) < 4.78 is 10.0. The molecule has 1 aliphatic rings. The van der Waals surface area contributed by atoms with Gasteiger partial charge in [0.25, 0.3) is 5.91 Å². The number of aromatic nitrogens is 1. The standard InChI is InChI=1S/C11H12N2O5/c1-6-4-7(9(12-6)11(15)16)13-10(14)8-5-17-2-3-18-8/h4-5,12H,2-3H2,1H3,(H,13,14)(H,15,16). The quantitative estimate of drug-likeness (QED) is 0.740. The number of carbonyl (C=O) groups is 2. The van der Waals surface area contributed by atoms with Gasteiger partial charge in [0.15, 0.2) is 0 Å². The average molecular weight is 252 g/mol. The molecule has 3 N–H and O–H groups in total. The SMILES string of the molecule is Cc1cc(NC(=O)C2=COCCO2)c(C(=O)O)[nH]1. The number of H-pyrrole nitrogens is 1. The van der Waals surface area contributed by atoms with Gasteiger partial charge in [-0.25, -0.2) is 4.79 Å². The van der Waals surface area contributed by atoms with Crippen LogP contribution >= 0.6 is 0 Å². The van der Waals surface area contributed by atoms with Crippen LogP contribution in [0.1, 0.15) is 16.2 Å². The first-order chi connectivity index (χ1) is 8.58. The Morgan fingerprint density at radius 1 is 1.44 bits per heavy atom. The number of aryl methyl sites for hydroxylation is 1. The molecule has 7 nitrogen and oxygen atoms in total. The maximum atomic E-state index is 11.8. The highest BCUT2D eigenvalue weighted by atomic mass is 16.6. The van der Waals surface area contributed by atoms with E-state index in [0.717, 1.165) is 0 Å². The first-order valence-electron chi connectivity index (χ1n) is 5.27. The molecule has 2 heterocycles. The lowest BCUT2D eigenvalue weighted by Gasteiger charge is -2.14. The molecule has 0 saturated carbocycles. The molecule has 2 rings (SSSR count). The fourth-order valence-corrected chi connectivity index (χ4v) is 1.53. The van der Waals surface area contributed by atoms with Gasteiger partial charge >= 0.3 is 5.97 Å². The second-order valence-electron chi connectivity index (χ2n) is 3.70. The zero-order valence-electron chi connectivity index (χ0n) is 9.65. The Balaban J connectivity index is 2.16. The highest BCUT2D eigenvalue weighted by Crippen LogP contribution is 2.18. The molecule has 0 unspecified atom stereocenters. The van der Waals surface area contributed by atoms with Gasteiger partial charge in [-0.1, -0.05) is 0 Å². The van der Waals surface area contributed by atoms with Gasteiger partial charge in [-0.3, -0.25) is 4.79 Å². The molecule has 1 amide bonds. The number of amides is 1. The third-order valence-electron chi connectivity index (χ3n) is 2.29. The molecule has 0 aromatic carbocycles. The maximum Gasteiger partial charge on any atom is 0.354 e. The van der Waals surface area contributed by atoms with Gasteiger partial charge in [0.1, 0.15) is 25.2 Å². The van der Waals surface area contributed by atoms with Crippen molar-refractivity contribution in [2.24, 2.45) is 0 Å². The number of hydrogen-bond donors (Lipinski definition) is 3. The number of rotatable bonds is 3. The molecule has 0 aliphatic carbocycles. The van der Waals surface area contributed by atoms with Crippen LogP contribution in [-0.2, 0) is 14.3 Å². The summed E-state index contributed by atoms with van der Waals surface area (Å²) in [6, 6.07) is 1.53. The molecule has 1 aromatic heterocycles. The molecule has 96 valence electrons. The van der Waals surface area contributed by atoms with Crippen molar-refractivity contribution in [1.29, 1.82) is 0 Å². The Kier molecular flexibility index (Phi) is 3.22. The lowest BCUT2D eigenvalue weighted by molar-refractivity contribution is -0.117. The lowest BCUT2D eigenvalue weighted by Crippen LogP contribution is -2.21. The van der Waals surface area contributed by atoms with E-state index in [1.807, 2.05) is 0 Å². The van der Waals surface area contributed by atoms with Crippen molar-refractivity contribution < 1.29 is 24.2 Å². The van der Waals surface area contributed by atoms with E-state index >= 15 is 0 Å². The average Bonchev–Trinajstić information content (AvgIpc) is 2.71. The number of aromatic carboxylic acids is 1. The second kappa shape index (κ2) is 4.82. The second-order valence-corrected chi connectivity index (χ2v) is 3.70. The first kappa shape index (κ1) is 12.0. The number of ether oxygens (including phenoxy) is 2. The van der Waals surface area contributed by atoms with Crippen LogP contribution < -0.4 is 5.32 Å². The van der Waals surface area contributed by atoms with E-state index in [1.165, 1.54) is 12.3 Å². The van der Waals surface area contributed by atoms with E-state index in [4.69, 9.17) is 14.6 Å². The van der Waals surface area contributed by atoms with Gasteiger partial charge in [0.2, 0.25) is 5.76 Å². The fraction of sp³-hybridized carbons (Fsp3) is 0.273. The Morgan fingerprint density at radius 2 is 2.22 bits per heavy atom. The van der Waals surface area contributed by atoms with E-state index in [9.17, 15) is 9.59 Å². The molecule has 0 spiro atoms. The normalized spacial score (nSPS) is 14.2. The number of aromatic amines is 1. The van der Waals surface area contributed by atoms with Crippen molar-refractivity contribution in [3.05, 3.63) is 29.5 Å². The zero-order chi connectivity index (χ0) is 13.1.